The highest BCUT2D eigenvalue weighted by molar-refractivity contribution is 7.19. The molecule has 1 aliphatic rings. The second-order valence-corrected chi connectivity index (χ2v) is 8.95. The van der Waals surface area contributed by atoms with E-state index in [-0.39, 0.29) is 5.91 Å². The smallest absolute Gasteiger partial charge is 0.237 e. The second kappa shape index (κ2) is 7.79. The summed E-state index contributed by atoms with van der Waals surface area (Å²) in [6.45, 7) is 3.08. The van der Waals surface area contributed by atoms with Gasteiger partial charge in [0.15, 0.2) is 0 Å². The molecular weight excluding hydrogens is 420 g/mol. The van der Waals surface area contributed by atoms with Gasteiger partial charge < -0.3 is 10.6 Å². The van der Waals surface area contributed by atoms with E-state index in [0.29, 0.717) is 37.0 Å². The summed E-state index contributed by atoms with van der Waals surface area (Å²) < 4.78 is 0.877. The maximum Gasteiger partial charge on any atom is 0.237 e. The van der Waals surface area contributed by atoms with Crippen molar-refractivity contribution in [2.75, 3.05) is 25.4 Å². The molecule has 0 aliphatic carbocycles. The SMILES string of the molecule is Nc1ncnc2cc(CN3CCN(Cc4cc5ccc(Cl)cc5cn4)CC3=O)sc12. The van der Waals surface area contributed by atoms with Crippen molar-refractivity contribution in [3.63, 3.8) is 0 Å². The van der Waals surface area contributed by atoms with Crippen LogP contribution in [0.4, 0.5) is 5.82 Å². The Bertz CT molecular complexity index is 1260. The zero-order valence-electron chi connectivity index (χ0n) is 16.1. The molecular formula is C21H19ClN6OS. The van der Waals surface area contributed by atoms with Crippen LogP contribution in [0.15, 0.2) is 42.9 Å². The third kappa shape index (κ3) is 3.81. The number of piperazine rings is 1. The number of pyridine rings is 1. The van der Waals surface area contributed by atoms with Crippen LogP contribution in [0.25, 0.3) is 21.0 Å². The Morgan fingerprint density at radius 1 is 1.07 bits per heavy atom. The molecule has 4 aromatic rings. The summed E-state index contributed by atoms with van der Waals surface area (Å²) in [5.74, 6) is 0.600. The summed E-state index contributed by atoms with van der Waals surface area (Å²) in [6.07, 6.45) is 3.30. The number of carbonyl (C=O) groups is 1. The number of nitrogen functional groups attached to an aromatic ring is 1. The standard InChI is InChI=1S/C21H19ClN6OS/c22-15-2-1-13-6-16(24-8-14(13)5-15)9-27-3-4-28(19(29)11-27)10-17-7-18-20(30-17)21(23)26-12-25-18/h1-2,5-8,12H,3-4,9-11H2,(H2,23,25,26). The average Bonchev–Trinajstić information content (AvgIpc) is 3.14. The van der Waals surface area contributed by atoms with Crippen LogP contribution in [0.3, 0.4) is 0 Å². The van der Waals surface area contributed by atoms with Gasteiger partial charge in [-0.05, 0) is 29.7 Å². The first kappa shape index (κ1) is 19.2. The molecule has 30 heavy (non-hydrogen) atoms. The van der Waals surface area contributed by atoms with E-state index in [4.69, 9.17) is 17.3 Å². The lowest BCUT2D eigenvalue weighted by atomic mass is 10.1. The van der Waals surface area contributed by atoms with Gasteiger partial charge >= 0.3 is 0 Å². The van der Waals surface area contributed by atoms with E-state index in [1.54, 1.807) is 11.3 Å². The highest BCUT2D eigenvalue weighted by atomic mass is 35.5. The summed E-state index contributed by atoms with van der Waals surface area (Å²) in [5.41, 5.74) is 7.70. The molecule has 5 rings (SSSR count). The number of carbonyl (C=O) groups excluding carboxylic acids is 1. The number of nitrogens with two attached hydrogens (primary N) is 1. The van der Waals surface area contributed by atoms with Crippen molar-refractivity contribution in [2.45, 2.75) is 13.1 Å². The van der Waals surface area contributed by atoms with E-state index in [9.17, 15) is 4.79 Å². The van der Waals surface area contributed by atoms with Crippen molar-refractivity contribution in [1.29, 1.82) is 0 Å². The topological polar surface area (TPSA) is 88.2 Å². The number of anilines is 1. The second-order valence-electron chi connectivity index (χ2n) is 7.38. The summed E-state index contributed by atoms with van der Waals surface area (Å²) in [4.78, 5) is 30.6. The number of fused-ring (bicyclic) bond motifs is 2. The average molecular weight is 439 g/mol. The van der Waals surface area contributed by atoms with Crippen molar-refractivity contribution in [3.05, 3.63) is 58.4 Å². The first-order valence-corrected chi connectivity index (χ1v) is 10.8. The summed E-state index contributed by atoms with van der Waals surface area (Å²) in [7, 11) is 0. The fraction of sp³-hybridized carbons (Fsp3) is 0.238. The van der Waals surface area contributed by atoms with E-state index in [2.05, 4.69) is 25.9 Å². The number of halogens is 1. The molecule has 0 atom stereocenters. The van der Waals surface area contributed by atoms with Crippen molar-refractivity contribution in [1.82, 2.24) is 24.8 Å². The molecule has 2 N–H and O–H groups in total. The minimum Gasteiger partial charge on any atom is -0.382 e. The number of amides is 1. The molecule has 0 bridgehead atoms. The fourth-order valence-corrected chi connectivity index (χ4v) is 4.93. The predicted molar refractivity (Wildman–Crippen MR) is 119 cm³/mol. The Morgan fingerprint density at radius 2 is 1.97 bits per heavy atom. The summed E-state index contributed by atoms with van der Waals surface area (Å²) in [5, 5.41) is 2.81. The van der Waals surface area contributed by atoms with E-state index < -0.39 is 0 Å². The predicted octanol–water partition coefficient (Wildman–Crippen LogP) is 3.32. The van der Waals surface area contributed by atoms with Crippen molar-refractivity contribution in [3.8, 4) is 0 Å². The largest absolute Gasteiger partial charge is 0.382 e. The lowest BCUT2D eigenvalue weighted by Gasteiger charge is -2.33. The van der Waals surface area contributed by atoms with Crippen molar-refractivity contribution in [2.24, 2.45) is 0 Å². The first-order valence-electron chi connectivity index (χ1n) is 9.58. The molecule has 0 radical (unpaired) electrons. The number of hydrogen-bond donors (Lipinski definition) is 1. The number of nitrogens with zero attached hydrogens (tertiary/aromatic N) is 5. The van der Waals surface area contributed by atoms with Gasteiger partial charge in [0.05, 0.1) is 29.0 Å². The fourth-order valence-electron chi connectivity index (χ4n) is 3.72. The van der Waals surface area contributed by atoms with Gasteiger partial charge in [0.1, 0.15) is 12.1 Å². The summed E-state index contributed by atoms with van der Waals surface area (Å²) >= 11 is 7.59. The quantitative estimate of drug-likeness (QED) is 0.525. The van der Waals surface area contributed by atoms with Crippen LogP contribution in [0.5, 0.6) is 0 Å². The van der Waals surface area contributed by atoms with Crippen molar-refractivity contribution >= 4 is 55.7 Å². The molecule has 9 heteroatoms. The van der Waals surface area contributed by atoms with Crippen LogP contribution in [0.1, 0.15) is 10.6 Å². The Morgan fingerprint density at radius 3 is 2.80 bits per heavy atom. The normalized spacial score (nSPS) is 15.4. The molecule has 1 amide bonds. The minimum absolute atomic E-state index is 0.116. The Kier molecular flexibility index (Phi) is 4.98. The van der Waals surface area contributed by atoms with Gasteiger partial charge in [-0.1, -0.05) is 17.7 Å². The third-order valence-corrected chi connectivity index (χ3v) is 6.63. The Labute approximate surface area is 182 Å². The first-order chi connectivity index (χ1) is 14.5. The lowest BCUT2D eigenvalue weighted by molar-refractivity contribution is -0.136. The third-order valence-electron chi connectivity index (χ3n) is 5.26. The minimum atomic E-state index is 0.116. The zero-order chi connectivity index (χ0) is 20.7. The molecule has 1 aliphatic heterocycles. The van der Waals surface area contributed by atoms with Gasteiger partial charge in [0.25, 0.3) is 0 Å². The van der Waals surface area contributed by atoms with Gasteiger partial charge in [-0.3, -0.25) is 14.7 Å². The number of benzene rings is 1. The van der Waals surface area contributed by atoms with Gasteiger partial charge in [0, 0.05) is 41.1 Å². The Balaban J connectivity index is 1.24. The maximum atomic E-state index is 12.7. The number of hydrogen-bond acceptors (Lipinski definition) is 7. The van der Waals surface area contributed by atoms with Crippen LogP contribution < -0.4 is 5.73 Å². The molecule has 3 aromatic heterocycles. The van der Waals surface area contributed by atoms with Gasteiger partial charge in [0.2, 0.25) is 5.91 Å². The van der Waals surface area contributed by atoms with Crippen molar-refractivity contribution < 1.29 is 4.79 Å². The molecule has 152 valence electrons. The van der Waals surface area contributed by atoms with Crippen LogP contribution in [0.2, 0.25) is 5.02 Å². The van der Waals surface area contributed by atoms with Crippen LogP contribution in [-0.2, 0) is 17.9 Å². The van der Waals surface area contributed by atoms with Gasteiger partial charge in [-0.25, -0.2) is 9.97 Å². The highest BCUT2D eigenvalue weighted by Gasteiger charge is 2.25. The zero-order valence-corrected chi connectivity index (χ0v) is 17.7. The van der Waals surface area contributed by atoms with Crippen LogP contribution in [0, 0.1) is 0 Å². The molecule has 1 saturated heterocycles. The number of thiophene rings is 1. The molecule has 1 aromatic carbocycles. The molecule has 0 saturated carbocycles. The van der Waals surface area contributed by atoms with Gasteiger partial charge in [-0.15, -0.1) is 11.3 Å². The van der Waals surface area contributed by atoms with Crippen LogP contribution in [-0.4, -0.2) is 50.3 Å². The number of aromatic nitrogens is 3. The van der Waals surface area contributed by atoms with E-state index in [1.807, 2.05) is 35.4 Å². The number of rotatable bonds is 4. The monoisotopic (exact) mass is 438 g/mol. The van der Waals surface area contributed by atoms with Gasteiger partial charge in [-0.2, -0.15) is 0 Å². The Hall–Kier alpha value is -2.81. The lowest BCUT2D eigenvalue weighted by Crippen LogP contribution is -2.49. The molecule has 1 fully saturated rings. The van der Waals surface area contributed by atoms with E-state index in [0.717, 1.165) is 38.1 Å². The van der Waals surface area contributed by atoms with E-state index >= 15 is 0 Å². The molecule has 0 spiro atoms. The molecule has 0 unspecified atom stereocenters. The summed E-state index contributed by atoms with van der Waals surface area (Å²) in [6, 6.07) is 9.83. The van der Waals surface area contributed by atoms with E-state index in [1.165, 1.54) is 6.33 Å². The molecule has 4 heterocycles. The highest BCUT2D eigenvalue weighted by Crippen LogP contribution is 2.28. The maximum absolute atomic E-state index is 12.7. The van der Waals surface area contributed by atoms with Crippen LogP contribution >= 0.6 is 22.9 Å². The molecule has 7 nitrogen and oxygen atoms in total.